The van der Waals surface area contributed by atoms with Gasteiger partial charge in [0.15, 0.2) is 0 Å². The van der Waals surface area contributed by atoms with Crippen LogP contribution >= 0.6 is 0 Å². The molecule has 0 amide bonds. The third-order valence-corrected chi connectivity index (χ3v) is 3.36. The van der Waals surface area contributed by atoms with Crippen molar-refractivity contribution in [3.8, 4) is 11.5 Å². The van der Waals surface area contributed by atoms with Gasteiger partial charge in [-0.05, 0) is 35.7 Å². The van der Waals surface area contributed by atoms with E-state index < -0.39 is 6.10 Å². The first-order valence-electron chi connectivity index (χ1n) is 6.54. The topological polar surface area (TPSA) is 51.6 Å². The lowest BCUT2D eigenvalue weighted by molar-refractivity contribution is 0.207. The van der Waals surface area contributed by atoms with Crippen LogP contribution in [0.25, 0.3) is 0 Å². The van der Waals surface area contributed by atoms with Gasteiger partial charge in [-0.25, -0.2) is 0 Å². The SMILES string of the molecule is CCc1cnccc1C(O)c1c(OC)cccc1OC. The van der Waals surface area contributed by atoms with E-state index >= 15 is 0 Å². The van der Waals surface area contributed by atoms with Crippen molar-refractivity contribution >= 4 is 0 Å². The molecular weight excluding hydrogens is 254 g/mol. The fraction of sp³-hybridized carbons (Fsp3) is 0.312. The summed E-state index contributed by atoms with van der Waals surface area (Å²) in [5.74, 6) is 1.21. The first-order chi connectivity index (χ1) is 9.72. The second-order valence-electron chi connectivity index (χ2n) is 4.41. The Morgan fingerprint density at radius 2 is 1.80 bits per heavy atom. The van der Waals surface area contributed by atoms with E-state index in [2.05, 4.69) is 4.98 Å². The van der Waals surface area contributed by atoms with Crippen molar-refractivity contribution in [2.75, 3.05) is 14.2 Å². The molecule has 0 saturated heterocycles. The van der Waals surface area contributed by atoms with Gasteiger partial charge in [0.05, 0.1) is 19.8 Å². The number of ether oxygens (including phenoxy) is 2. The zero-order chi connectivity index (χ0) is 14.5. The highest BCUT2D eigenvalue weighted by Gasteiger charge is 2.22. The Bertz CT molecular complexity index is 561. The van der Waals surface area contributed by atoms with Gasteiger partial charge in [-0.2, -0.15) is 0 Å². The Balaban J connectivity index is 2.55. The average Bonchev–Trinajstić information content (AvgIpc) is 2.53. The van der Waals surface area contributed by atoms with Crippen molar-refractivity contribution in [2.24, 2.45) is 0 Å². The summed E-state index contributed by atoms with van der Waals surface area (Å²) in [7, 11) is 3.16. The fourth-order valence-corrected chi connectivity index (χ4v) is 2.30. The molecule has 1 unspecified atom stereocenters. The van der Waals surface area contributed by atoms with Crippen LogP contribution in [0.15, 0.2) is 36.7 Å². The molecule has 1 heterocycles. The molecule has 1 aromatic carbocycles. The summed E-state index contributed by atoms with van der Waals surface area (Å²) in [5, 5.41) is 10.7. The Morgan fingerprint density at radius 1 is 1.15 bits per heavy atom. The molecule has 20 heavy (non-hydrogen) atoms. The van der Waals surface area contributed by atoms with Crippen molar-refractivity contribution in [1.29, 1.82) is 0 Å². The van der Waals surface area contributed by atoms with Crippen molar-refractivity contribution in [3.05, 3.63) is 53.3 Å². The molecule has 4 heteroatoms. The fourth-order valence-electron chi connectivity index (χ4n) is 2.30. The van der Waals surface area contributed by atoms with Gasteiger partial charge in [-0.1, -0.05) is 13.0 Å². The molecule has 0 saturated carbocycles. The number of rotatable bonds is 5. The number of pyridine rings is 1. The summed E-state index contributed by atoms with van der Waals surface area (Å²) in [4.78, 5) is 4.10. The van der Waals surface area contributed by atoms with Gasteiger partial charge in [0, 0.05) is 12.4 Å². The van der Waals surface area contributed by atoms with Gasteiger partial charge in [-0.15, -0.1) is 0 Å². The molecule has 0 aliphatic carbocycles. The largest absolute Gasteiger partial charge is 0.496 e. The molecule has 0 radical (unpaired) electrons. The van der Waals surface area contributed by atoms with Crippen molar-refractivity contribution in [2.45, 2.75) is 19.4 Å². The zero-order valence-electron chi connectivity index (χ0n) is 12.0. The van der Waals surface area contributed by atoms with E-state index in [1.54, 1.807) is 26.6 Å². The van der Waals surface area contributed by atoms with Crippen LogP contribution in [-0.2, 0) is 6.42 Å². The van der Waals surface area contributed by atoms with E-state index in [0.29, 0.717) is 17.1 Å². The molecule has 0 aliphatic rings. The summed E-state index contributed by atoms with van der Waals surface area (Å²) < 4.78 is 10.7. The van der Waals surface area contributed by atoms with Crippen LogP contribution in [-0.4, -0.2) is 24.3 Å². The zero-order valence-corrected chi connectivity index (χ0v) is 12.0. The van der Waals surface area contributed by atoms with E-state index in [9.17, 15) is 5.11 Å². The second-order valence-corrected chi connectivity index (χ2v) is 4.41. The van der Waals surface area contributed by atoms with Crippen LogP contribution in [0.5, 0.6) is 11.5 Å². The minimum absolute atomic E-state index is 0.607. The van der Waals surface area contributed by atoms with Crippen LogP contribution in [0, 0.1) is 0 Å². The van der Waals surface area contributed by atoms with Gasteiger partial charge >= 0.3 is 0 Å². The van der Waals surface area contributed by atoms with Gasteiger partial charge < -0.3 is 14.6 Å². The first kappa shape index (κ1) is 14.3. The second kappa shape index (κ2) is 6.39. The monoisotopic (exact) mass is 273 g/mol. The molecule has 1 N–H and O–H groups in total. The van der Waals surface area contributed by atoms with Crippen LogP contribution in [0.3, 0.4) is 0 Å². The summed E-state index contributed by atoms with van der Waals surface area (Å²) in [6, 6.07) is 7.29. The van der Waals surface area contributed by atoms with E-state index in [0.717, 1.165) is 17.5 Å². The molecule has 106 valence electrons. The molecule has 1 atom stereocenters. The maximum absolute atomic E-state index is 10.7. The first-order valence-corrected chi connectivity index (χ1v) is 6.54. The smallest absolute Gasteiger partial charge is 0.128 e. The molecule has 0 aliphatic heterocycles. The standard InChI is InChI=1S/C16H19NO3/c1-4-11-10-17-9-8-12(11)16(18)15-13(19-2)6-5-7-14(15)20-3/h5-10,16,18H,4H2,1-3H3. The summed E-state index contributed by atoms with van der Waals surface area (Å²) in [5.41, 5.74) is 2.47. The third-order valence-electron chi connectivity index (χ3n) is 3.36. The number of aryl methyl sites for hydroxylation is 1. The molecule has 0 bridgehead atoms. The van der Waals surface area contributed by atoms with E-state index in [-0.39, 0.29) is 0 Å². The Hall–Kier alpha value is -2.07. The quantitative estimate of drug-likeness (QED) is 0.910. The predicted molar refractivity (Wildman–Crippen MR) is 77.2 cm³/mol. The van der Waals surface area contributed by atoms with Crippen LogP contribution in [0.1, 0.15) is 29.7 Å². The Labute approximate surface area is 119 Å². The molecule has 1 aromatic heterocycles. The van der Waals surface area contributed by atoms with Crippen molar-refractivity contribution in [3.63, 3.8) is 0 Å². The van der Waals surface area contributed by atoms with E-state index in [1.165, 1.54) is 0 Å². The molecule has 4 nitrogen and oxygen atoms in total. The van der Waals surface area contributed by atoms with E-state index in [1.807, 2.05) is 31.2 Å². The highest BCUT2D eigenvalue weighted by Crippen LogP contribution is 2.38. The van der Waals surface area contributed by atoms with Gasteiger partial charge in [0.25, 0.3) is 0 Å². The van der Waals surface area contributed by atoms with Gasteiger partial charge in [-0.3, -0.25) is 4.98 Å². The lowest BCUT2D eigenvalue weighted by atomic mass is 9.96. The minimum Gasteiger partial charge on any atom is -0.496 e. The minimum atomic E-state index is -0.806. The number of methoxy groups -OCH3 is 2. The number of nitrogens with zero attached hydrogens (tertiary/aromatic N) is 1. The predicted octanol–water partition coefficient (Wildman–Crippen LogP) is 2.74. The van der Waals surface area contributed by atoms with Crippen LogP contribution in [0.4, 0.5) is 0 Å². The highest BCUT2D eigenvalue weighted by atomic mass is 16.5. The molecule has 0 spiro atoms. The summed E-state index contributed by atoms with van der Waals surface area (Å²) in [6.45, 7) is 2.03. The lowest BCUT2D eigenvalue weighted by Crippen LogP contribution is -2.07. The van der Waals surface area contributed by atoms with Gasteiger partial charge in [0.1, 0.15) is 17.6 Å². The number of hydrogen-bond donors (Lipinski definition) is 1. The Kier molecular flexibility index (Phi) is 4.58. The summed E-state index contributed by atoms with van der Waals surface area (Å²) in [6.07, 6.45) is 3.46. The maximum Gasteiger partial charge on any atom is 0.128 e. The van der Waals surface area contributed by atoms with E-state index in [4.69, 9.17) is 9.47 Å². The maximum atomic E-state index is 10.7. The number of aromatic nitrogens is 1. The summed E-state index contributed by atoms with van der Waals surface area (Å²) >= 11 is 0. The highest BCUT2D eigenvalue weighted by molar-refractivity contribution is 5.50. The number of hydrogen-bond acceptors (Lipinski definition) is 4. The third kappa shape index (κ3) is 2.60. The van der Waals surface area contributed by atoms with Crippen LogP contribution in [0.2, 0.25) is 0 Å². The van der Waals surface area contributed by atoms with Crippen LogP contribution < -0.4 is 9.47 Å². The van der Waals surface area contributed by atoms with Crippen molar-refractivity contribution in [1.82, 2.24) is 4.98 Å². The van der Waals surface area contributed by atoms with Crippen molar-refractivity contribution < 1.29 is 14.6 Å². The Morgan fingerprint density at radius 3 is 2.35 bits per heavy atom. The number of aliphatic hydroxyl groups excluding tert-OH is 1. The normalized spacial score (nSPS) is 12.0. The lowest BCUT2D eigenvalue weighted by Gasteiger charge is -2.20. The molecular formula is C16H19NO3. The van der Waals surface area contributed by atoms with Gasteiger partial charge in [0.2, 0.25) is 0 Å². The molecule has 2 aromatic rings. The number of aliphatic hydroxyl groups is 1. The molecule has 2 rings (SSSR count). The molecule has 0 fully saturated rings. The average molecular weight is 273 g/mol. The number of benzene rings is 1.